The van der Waals surface area contributed by atoms with Crippen LogP contribution in [0.1, 0.15) is 29.2 Å². The van der Waals surface area contributed by atoms with E-state index >= 15 is 0 Å². The van der Waals surface area contributed by atoms with E-state index in [9.17, 15) is 16.8 Å². The van der Waals surface area contributed by atoms with Crippen molar-refractivity contribution in [3.63, 3.8) is 0 Å². The first-order chi connectivity index (χ1) is 15.1. The van der Waals surface area contributed by atoms with Crippen molar-refractivity contribution >= 4 is 31.4 Å². The Morgan fingerprint density at radius 1 is 0.906 bits per heavy atom. The van der Waals surface area contributed by atoms with Crippen LogP contribution in [0.4, 0.5) is 5.69 Å². The molecule has 0 unspecified atom stereocenters. The second-order valence-corrected chi connectivity index (χ2v) is 11.3. The zero-order chi connectivity index (χ0) is 22.9. The molecule has 166 valence electrons. The van der Waals surface area contributed by atoms with Gasteiger partial charge >= 0.3 is 0 Å². The molecule has 1 heterocycles. The summed E-state index contributed by atoms with van der Waals surface area (Å²) in [5.74, 6) is 0. The van der Waals surface area contributed by atoms with Crippen LogP contribution in [-0.4, -0.2) is 33.2 Å². The van der Waals surface area contributed by atoms with Crippen molar-refractivity contribution in [2.45, 2.75) is 24.3 Å². The summed E-state index contributed by atoms with van der Waals surface area (Å²) in [4.78, 5) is 0.162. The minimum absolute atomic E-state index is 0.162. The number of aryl methyl sites for hydroxylation is 1. The summed E-state index contributed by atoms with van der Waals surface area (Å²) < 4.78 is 53.8. The van der Waals surface area contributed by atoms with E-state index in [0.717, 1.165) is 17.4 Å². The van der Waals surface area contributed by atoms with Gasteiger partial charge in [-0.05, 0) is 42.3 Å². The van der Waals surface area contributed by atoms with Crippen LogP contribution in [0.5, 0.6) is 0 Å². The molecule has 0 saturated carbocycles. The van der Waals surface area contributed by atoms with Crippen LogP contribution in [0, 0.1) is 6.92 Å². The van der Waals surface area contributed by atoms with Crippen molar-refractivity contribution in [2.24, 2.45) is 5.10 Å². The monoisotopic (exact) mass is 469 g/mol. The number of hydrazone groups is 1. The van der Waals surface area contributed by atoms with Crippen LogP contribution >= 0.6 is 0 Å². The Hall–Kier alpha value is -3.17. The molecule has 0 aromatic heterocycles. The second kappa shape index (κ2) is 8.40. The van der Waals surface area contributed by atoms with Gasteiger partial charge in [0.1, 0.15) is 0 Å². The lowest BCUT2D eigenvalue weighted by Gasteiger charge is -2.23. The van der Waals surface area contributed by atoms with Gasteiger partial charge in [0.25, 0.3) is 10.0 Å². The topological polar surface area (TPSA) is 95.9 Å². The average Bonchev–Trinajstić information content (AvgIpc) is 3.20. The summed E-state index contributed by atoms with van der Waals surface area (Å²) in [7, 11) is -7.34. The molecule has 1 atom stereocenters. The van der Waals surface area contributed by atoms with Gasteiger partial charge in [0.05, 0.1) is 22.9 Å². The molecule has 0 amide bonds. The van der Waals surface area contributed by atoms with Crippen LogP contribution < -0.4 is 4.72 Å². The molecule has 7 nitrogen and oxygen atoms in total. The minimum atomic E-state index is -3.89. The molecule has 1 N–H and O–H groups in total. The Kier molecular flexibility index (Phi) is 5.79. The van der Waals surface area contributed by atoms with Gasteiger partial charge in [0.15, 0.2) is 0 Å². The van der Waals surface area contributed by atoms with E-state index in [1.54, 1.807) is 54.6 Å². The first-order valence-corrected chi connectivity index (χ1v) is 13.3. The fraction of sp³-hybridized carbons (Fsp3) is 0.174. The van der Waals surface area contributed by atoms with E-state index < -0.39 is 26.1 Å². The van der Waals surface area contributed by atoms with Crippen LogP contribution in [0.25, 0.3) is 0 Å². The Morgan fingerprint density at radius 3 is 2.31 bits per heavy atom. The number of rotatable bonds is 6. The van der Waals surface area contributed by atoms with E-state index in [2.05, 4.69) is 9.82 Å². The predicted octanol–water partition coefficient (Wildman–Crippen LogP) is 3.91. The molecular formula is C23H23N3O4S2. The van der Waals surface area contributed by atoms with Crippen molar-refractivity contribution in [3.8, 4) is 0 Å². The molecule has 0 fully saturated rings. The maximum atomic E-state index is 13.5. The van der Waals surface area contributed by atoms with Gasteiger partial charge in [-0.1, -0.05) is 60.2 Å². The molecule has 1 aliphatic rings. The number of nitrogens with one attached hydrogen (secondary N) is 1. The molecule has 32 heavy (non-hydrogen) atoms. The molecule has 0 bridgehead atoms. The average molecular weight is 470 g/mol. The first-order valence-electron chi connectivity index (χ1n) is 9.95. The summed E-state index contributed by atoms with van der Waals surface area (Å²) in [6.07, 6.45) is 1.44. The third kappa shape index (κ3) is 4.68. The number of nitrogens with zero attached hydrogens (tertiary/aromatic N) is 2. The quantitative estimate of drug-likeness (QED) is 0.592. The highest BCUT2D eigenvalue weighted by Gasteiger charge is 2.37. The van der Waals surface area contributed by atoms with Crippen LogP contribution in [0.3, 0.4) is 0 Å². The van der Waals surface area contributed by atoms with Crippen molar-refractivity contribution in [3.05, 3.63) is 95.6 Å². The van der Waals surface area contributed by atoms with E-state index in [1.807, 2.05) is 31.2 Å². The molecule has 0 saturated heterocycles. The van der Waals surface area contributed by atoms with Crippen LogP contribution in [0.15, 0.2) is 88.9 Å². The van der Waals surface area contributed by atoms with Crippen molar-refractivity contribution in [1.29, 1.82) is 0 Å². The van der Waals surface area contributed by atoms with Crippen LogP contribution in [-0.2, 0) is 20.0 Å². The van der Waals surface area contributed by atoms with Crippen LogP contribution in [0.2, 0.25) is 0 Å². The van der Waals surface area contributed by atoms with E-state index in [-0.39, 0.29) is 4.90 Å². The standard InChI is InChI=1S/C23H23N3O4S2/c1-17-8-6-10-19(14-17)23-16-22(18-9-7-11-20(15-18)25-31(2,27)28)24-26(23)32(29,30)21-12-4-3-5-13-21/h3-15,23,25H,16H2,1-2H3/t23-/m0/s1. The third-order valence-corrected chi connectivity index (χ3v) is 7.39. The van der Waals surface area contributed by atoms with E-state index in [1.165, 1.54) is 4.41 Å². The number of hydrogen-bond donors (Lipinski definition) is 1. The zero-order valence-corrected chi connectivity index (χ0v) is 19.3. The highest BCUT2D eigenvalue weighted by Crippen LogP contribution is 2.37. The predicted molar refractivity (Wildman–Crippen MR) is 125 cm³/mol. The number of benzene rings is 3. The normalized spacial score (nSPS) is 16.6. The van der Waals surface area contributed by atoms with Crippen molar-refractivity contribution in [2.75, 3.05) is 11.0 Å². The highest BCUT2D eigenvalue weighted by atomic mass is 32.2. The van der Waals surface area contributed by atoms with Gasteiger partial charge in [-0.3, -0.25) is 4.72 Å². The zero-order valence-electron chi connectivity index (χ0n) is 17.6. The Bertz CT molecular complexity index is 1390. The third-order valence-electron chi connectivity index (χ3n) is 5.09. The highest BCUT2D eigenvalue weighted by molar-refractivity contribution is 7.92. The minimum Gasteiger partial charge on any atom is -0.284 e. The molecule has 0 radical (unpaired) electrons. The van der Waals surface area contributed by atoms with Gasteiger partial charge in [0.2, 0.25) is 10.0 Å². The summed E-state index contributed by atoms with van der Waals surface area (Å²) in [6, 6.07) is 22.2. The fourth-order valence-corrected chi connectivity index (χ4v) is 5.70. The molecule has 1 aliphatic heterocycles. The van der Waals surface area contributed by atoms with Gasteiger partial charge < -0.3 is 0 Å². The number of hydrogen-bond acceptors (Lipinski definition) is 5. The fourth-order valence-electron chi connectivity index (χ4n) is 3.69. The lowest BCUT2D eigenvalue weighted by molar-refractivity contribution is 0.371. The lowest BCUT2D eigenvalue weighted by atomic mass is 9.98. The van der Waals surface area contributed by atoms with Crippen molar-refractivity contribution in [1.82, 2.24) is 4.41 Å². The molecule has 0 aliphatic carbocycles. The van der Waals surface area contributed by atoms with E-state index in [0.29, 0.717) is 23.4 Å². The van der Waals surface area contributed by atoms with E-state index in [4.69, 9.17) is 0 Å². The van der Waals surface area contributed by atoms with Crippen molar-refractivity contribution < 1.29 is 16.8 Å². The molecule has 3 aromatic rings. The summed E-state index contributed by atoms with van der Waals surface area (Å²) in [5.41, 5.74) is 3.47. The molecule has 9 heteroatoms. The molecule has 0 spiro atoms. The van der Waals surface area contributed by atoms with Gasteiger partial charge in [-0.2, -0.15) is 17.9 Å². The Labute approximate surface area is 188 Å². The molecule has 4 rings (SSSR count). The Balaban J connectivity index is 1.79. The first kappa shape index (κ1) is 22.0. The Morgan fingerprint density at radius 2 is 1.62 bits per heavy atom. The maximum Gasteiger partial charge on any atom is 0.279 e. The van der Waals surface area contributed by atoms with Gasteiger partial charge in [0, 0.05) is 12.1 Å². The smallest absolute Gasteiger partial charge is 0.279 e. The summed E-state index contributed by atoms with van der Waals surface area (Å²) >= 11 is 0. The summed E-state index contributed by atoms with van der Waals surface area (Å²) in [5, 5.41) is 4.52. The van der Waals surface area contributed by atoms with Gasteiger partial charge in [-0.15, -0.1) is 0 Å². The van der Waals surface area contributed by atoms with Gasteiger partial charge in [-0.25, -0.2) is 8.42 Å². The molecule has 3 aromatic carbocycles. The lowest BCUT2D eigenvalue weighted by Crippen LogP contribution is -2.27. The number of anilines is 1. The SMILES string of the molecule is Cc1cccc([C@@H]2CC(c3cccc(NS(C)(=O)=O)c3)=NN2S(=O)(=O)c2ccccc2)c1. The maximum absolute atomic E-state index is 13.5. The largest absolute Gasteiger partial charge is 0.284 e. The number of sulfonamides is 2. The molecular weight excluding hydrogens is 446 g/mol. The summed E-state index contributed by atoms with van der Waals surface area (Å²) in [6.45, 7) is 1.95. The second-order valence-electron chi connectivity index (χ2n) is 7.73.